The van der Waals surface area contributed by atoms with Crippen molar-refractivity contribution in [3.05, 3.63) is 72.6 Å². The molecule has 0 saturated carbocycles. The van der Waals surface area contributed by atoms with Crippen LogP contribution in [0.5, 0.6) is 5.75 Å². The normalized spacial score (nSPS) is 21.4. The summed E-state index contributed by atoms with van der Waals surface area (Å²) in [4.78, 5) is 26.6. The number of rotatable bonds is 4. The maximum Gasteiger partial charge on any atom is 0.244 e. The number of carbonyl (C=O) groups is 1. The van der Waals surface area contributed by atoms with E-state index in [9.17, 15) is 4.79 Å². The fourth-order valence-electron chi connectivity index (χ4n) is 4.18. The number of fused-ring (bicyclic) bond motifs is 3. The Kier molecular flexibility index (Phi) is 4.52. The maximum atomic E-state index is 13.7. The minimum atomic E-state index is -0.242. The van der Waals surface area contributed by atoms with Crippen LogP contribution in [0.3, 0.4) is 0 Å². The summed E-state index contributed by atoms with van der Waals surface area (Å²) in [7, 11) is 1.98. The van der Waals surface area contributed by atoms with Crippen LogP contribution in [0.4, 0.5) is 5.69 Å². The van der Waals surface area contributed by atoms with Crippen molar-refractivity contribution >= 4 is 11.6 Å². The number of hydrogen-bond acceptors (Lipinski definition) is 5. The highest BCUT2D eigenvalue weighted by Crippen LogP contribution is 2.37. The molecular weight excluding hydrogens is 366 g/mol. The topological polar surface area (TPSA) is 63.5 Å². The number of aromatic nitrogens is 3. The van der Waals surface area contributed by atoms with Crippen LogP contribution >= 0.6 is 0 Å². The fraction of sp³-hybridized carbons (Fsp3) is 0.318. The van der Waals surface area contributed by atoms with Gasteiger partial charge in [0.05, 0.1) is 30.5 Å². The first-order valence-electron chi connectivity index (χ1n) is 9.86. The number of hydrogen-bond donors (Lipinski definition) is 0. The minimum absolute atomic E-state index is 0.0117. The zero-order valence-electron chi connectivity index (χ0n) is 16.3. The third-order valence-corrected chi connectivity index (χ3v) is 5.68. The van der Waals surface area contributed by atoms with Crippen molar-refractivity contribution in [2.75, 3.05) is 11.4 Å². The summed E-state index contributed by atoms with van der Waals surface area (Å²) < 4.78 is 8.34. The summed E-state index contributed by atoms with van der Waals surface area (Å²) in [5, 5.41) is 0. The van der Waals surface area contributed by atoms with E-state index in [1.165, 1.54) is 0 Å². The van der Waals surface area contributed by atoms with Gasteiger partial charge in [0, 0.05) is 38.6 Å². The van der Waals surface area contributed by atoms with Gasteiger partial charge in [0.15, 0.2) is 0 Å². The molecule has 7 heteroatoms. The molecule has 2 atom stereocenters. The average Bonchev–Trinajstić information content (AvgIpc) is 3.33. The van der Waals surface area contributed by atoms with Crippen LogP contribution in [-0.2, 0) is 24.9 Å². The van der Waals surface area contributed by atoms with Crippen molar-refractivity contribution in [2.45, 2.75) is 31.7 Å². The molecule has 0 spiro atoms. The van der Waals surface area contributed by atoms with E-state index in [4.69, 9.17) is 4.74 Å². The van der Waals surface area contributed by atoms with Crippen LogP contribution in [0.15, 0.2) is 61.1 Å². The number of pyridine rings is 1. The quantitative estimate of drug-likeness (QED) is 0.686. The van der Waals surface area contributed by atoms with E-state index in [-0.39, 0.29) is 18.1 Å². The molecule has 0 radical (unpaired) electrons. The lowest BCUT2D eigenvalue weighted by molar-refractivity contribution is -0.123. The molecule has 29 heavy (non-hydrogen) atoms. The standard InChI is InChI=1S/C22H23N5O2/c1-25-11-10-24-21(25)15-26-14-17-12-19(26)22(28)27(13-16-6-4-5-9-23-16)18-7-2-3-8-20(18)29-17/h2-11,17,19H,12-15H2,1H3/t17-,19-/m0/s1. The number of nitrogens with zero attached hydrogens (tertiary/aromatic N) is 5. The average molecular weight is 389 g/mol. The Morgan fingerprint density at radius 3 is 2.72 bits per heavy atom. The van der Waals surface area contributed by atoms with E-state index in [1.807, 2.05) is 65.2 Å². The molecule has 0 unspecified atom stereocenters. The molecule has 2 aliphatic heterocycles. The Balaban J connectivity index is 1.50. The van der Waals surface area contributed by atoms with Gasteiger partial charge in [-0.3, -0.25) is 14.7 Å². The highest BCUT2D eigenvalue weighted by Gasteiger charge is 2.43. The predicted octanol–water partition coefficient (Wildman–Crippen LogP) is 2.38. The number of anilines is 1. The first-order valence-corrected chi connectivity index (χ1v) is 9.86. The lowest BCUT2D eigenvalue weighted by atomic mass is 10.1. The molecular formula is C22H23N5O2. The Labute approximate surface area is 169 Å². The molecule has 1 amide bonds. The van der Waals surface area contributed by atoms with Gasteiger partial charge >= 0.3 is 0 Å². The van der Waals surface area contributed by atoms with Gasteiger partial charge in [-0.15, -0.1) is 0 Å². The molecule has 2 aromatic heterocycles. The highest BCUT2D eigenvalue weighted by atomic mass is 16.5. The Morgan fingerprint density at radius 1 is 1.07 bits per heavy atom. The second kappa shape index (κ2) is 7.33. The zero-order valence-corrected chi connectivity index (χ0v) is 16.3. The van der Waals surface area contributed by atoms with E-state index in [2.05, 4.69) is 14.9 Å². The van der Waals surface area contributed by atoms with Crippen molar-refractivity contribution in [1.82, 2.24) is 19.4 Å². The van der Waals surface area contributed by atoms with Crippen molar-refractivity contribution < 1.29 is 9.53 Å². The zero-order chi connectivity index (χ0) is 19.8. The van der Waals surface area contributed by atoms with Crippen LogP contribution < -0.4 is 9.64 Å². The summed E-state index contributed by atoms with van der Waals surface area (Å²) in [5.41, 5.74) is 1.65. The number of carbonyl (C=O) groups excluding carboxylic acids is 1. The molecule has 0 aliphatic carbocycles. The summed E-state index contributed by atoms with van der Waals surface area (Å²) in [6.45, 7) is 1.74. The van der Waals surface area contributed by atoms with Crippen molar-refractivity contribution in [2.24, 2.45) is 7.05 Å². The first kappa shape index (κ1) is 17.9. The monoisotopic (exact) mass is 389 g/mol. The van der Waals surface area contributed by atoms with Gasteiger partial charge in [-0.2, -0.15) is 0 Å². The fourth-order valence-corrected chi connectivity index (χ4v) is 4.18. The van der Waals surface area contributed by atoms with Gasteiger partial charge in [0.25, 0.3) is 0 Å². The molecule has 1 fully saturated rings. The highest BCUT2D eigenvalue weighted by molar-refractivity contribution is 5.99. The van der Waals surface area contributed by atoms with Gasteiger partial charge in [-0.1, -0.05) is 18.2 Å². The second-order valence-electron chi connectivity index (χ2n) is 7.59. The Morgan fingerprint density at radius 2 is 1.93 bits per heavy atom. The molecule has 1 aromatic carbocycles. The van der Waals surface area contributed by atoms with E-state index in [1.54, 1.807) is 12.4 Å². The number of aryl methyl sites for hydroxylation is 1. The number of amides is 1. The smallest absolute Gasteiger partial charge is 0.244 e. The van der Waals surface area contributed by atoms with Gasteiger partial charge in [0.1, 0.15) is 17.7 Å². The van der Waals surface area contributed by atoms with Crippen LogP contribution in [-0.4, -0.2) is 44.0 Å². The van der Waals surface area contributed by atoms with Crippen LogP contribution in [0.2, 0.25) is 0 Å². The maximum absolute atomic E-state index is 13.7. The first-order chi connectivity index (χ1) is 14.2. The lowest BCUT2D eigenvalue weighted by Gasteiger charge is -2.31. The summed E-state index contributed by atoms with van der Waals surface area (Å²) in [6, 6.07) is 13.3. The second-order valence-corrected chi connectivity index (χ2v) is 7.59. The SMILES string of the molecule is Cn1ccnc1CN1C[C@@H]2C[C@H]1C(=O)N(Cc1ccccn1)c1ccccc1O2. The molecule has 5 rings (SSSR count). The number of para-hydroxylation sites is 2. The summed E-state index contributed by atoms with van der Waals surface area (Å²) in [5.74, 6) is 1.78. The molecule has 4 heterocycles. The van der Waals surface area contributed by atoms with Crippen LogP contribution in [0.1, 0.15) is 17.9 Å². The van der Waals surface area contributed by atoms with Gasteiger partial charge in [0.2, 0.25) is 5.91 Å². The number of benzene rings is 1. The molecule has 7 nitrogen and oxygen atoms in total. The molecule has 2 aliphatic rings. The third kappa shape index (κ3) is 3.38. The number of imidazole rings is 1. The van der Waals surface area contributed by atoms with E-state index < -0.39 is 0 Å². The van der Waals surface area contributed by atoms with Crippen molar-refractivity contribution in [1.29, 1.82) is 0 Å². The van der Waals surface area contributed by atoms with Gasteiger partial charge < -0.3 is 14.2 Å². The molecule has 148 valence electrons. The number of likely N-dealkylation sites (tertiary alicyclic amines) is 1. The summed E-state index contributed by atoms with van der Waals surface area (Å²) >= 11 is 0. The molecule has 0 N–H and O–H groups in total. The van der Waals surface area contributed by atoms with Gasteiger partial charge in [-0.05, 0) is 24.3 Å². The van der Waals surface area contributed by atoms with Gasteiger partial charge in [-0.25, -0.2) is 4.98 Å². The van der Waals surface area contributed by atoms with E-state index >= 15 is 0 Å². The van der Waals surface area contributed by atoms with Crippen molar-refractivity contribution in [3.8, 4) is 5.75 Å². The van der Waals surface area contributed by atoms with E-state index in [0.29, 0.717) is 26.1 Å². The molecule has 2 bridgehead atoms. The molecule has 3 aromatic rings. The largest absolute Gasteiger partial charge is 0.487 e. The predicted molar refractivity (Wildman–Crippen MR) is 108 cm³/mol. The molecule has 1 saturated heterocycles. The van der Waals surface area contributed by atoms with E-state index in [0.717, 1.165) is 23.0 Å². The van der Waals surface area contributed by atoms with Crippen LogP contribution in [0.25, 0.3) is 0 Å². The number of ether oxygens (including phenoxy) is 1. The minimum Gasteiger partial charge on any atom is -0.487 e. The van der Waals surface area contributed by atoms with Crippen LogP contribution in [0, 0.1) is 0 Å². The Hall–Kier alpha value is -3.19. The van der Waals surface area contributed by atoms with Crippen molar-refractivity contribution in [3.63, 3.8) is 0 Å². The summed E-state index contributed by atoms with van der Waals surface area (Å²) in [6.07, 6.45) is 6.14. The Bertz CT molecular complexity index is 1020. The lowest BCUT2D eigenvalue weighted by Crippen LogP contribution is -2.46. The third-order valence-electron chi connectivity index (χ3n) is 5.68.